The maximum Gasteiger partial charge on any atom is 0.410 e. The van der Waals surface area contributed by atoms with Gasteiger partial charge < -0.3 is 14.5 Å². The largest absolute Gasteiger partial charge is 0.444 e. The SMILES string of the molecule is CC(C)(C)OC(=O)N1CCC(CC(=O)N2CCC(c3ccccc3Cl)S(=O)(=O)CC2)CC1. The lowest BCUT2D eigenvalue weighted by molar-refractivity contribution is -0.132. The zero-order valence-corrected chi connectivity index (χ0v) is 20.6. The molecule has 32 heavy (non-hydrogen) atoms. The van der Waals surface area contributed by atoms with Crippen LogP contribution in [0.25, 0.3) is 0 Å². The van der Waals surface area contributed by atoms with Gasteiger partial charge in [-0.2, -0.15) is 0 Å². The Balaban J connectivity index is 1.55. The van der Waals surface area contributed by atoms with E-state index >= 15 is 0 Å². The van der Waals surface area contributed by atoms with Crippen LogP contribution < -0.4 is 0 Å². The van der Waals surface area contributed by atoms with Gasteiger partial charge in [0.1, 0.15) is 5.60 Å². The van der Waals surface area contributed by atoms with Crippen molar-refractivity contribution < 1.29 is 22.7 Å². The van der Waals surface area contributed by atoms with Crippen molar-refractivity contribution >= 4 is 33.4 Å². The average Bonchev–Trinajstić information content (AvgIpc) is 2.86. The lowest BCUT2D eigenvalue weighted by Gasteiger charge is -2.34. The fourth-order valence-electron chi connectivity index (χ4n) is 4.30. The first-order valence-corrected chi connectivity index (χ1v) is 13.3. The van der Waals surface area contributed by atoms with Crippen molar-refractivity contribution in [3.8, 4) is 0 Å². The van der Waals surface area contributed by atoms with Crippen molar-refractivity contribution in [2.24, 2.45) is 5.92 Å². The van der Waals surface area contributed by atoms with Gasteiger partial charge in [0.25, 0.3) is 0 Å². The molecule has 7 nitrogen and oxygen atoms in total. The summed E-state index contributed by atoms with van der Waals surface area (Å²) in [5.74, 6) is 0.0993. The highest BCUT2D eigenvalue weighted by molar-refractivity contribution is 7.91. The van der Waals surface area contributed by atoms with E-state index in [0.29, 0.717) is 43.1 Å². The van der Waals surface area contributed by atoms with Gasteiger partial charge in [0, 0.05) is 37.6 Å². The molecule has 0 bridgehead atoms. The van der Waals surface area contributed by atoms with Crippen LogP contribution in [0, 0.1) is 5.92 Å². The Hall–Kier alpha value is -1.80. The number of hydrogen-bond donors (Lipinski definition) is 0. The molecule has 1 unspecified atom stereocenters. The van der Waals surface area contributed by atoms with E-state index in [2.05, 4.69) is 0 Å². The lowest BCUT2D eigenvalue weighted by Crippen LogP contribution is -2.43. The molecule has 2 aliphatic rings. The molecule has 1 atom stereocenters. The molecule has 0 saturated carbocycles. The monoisotopic (exact) mass is 484 g/mol. The number of halogens is 1. The summed E-state index contributed by atoms with van der Waals surface area (Å²) in [5.41, 5.74) is 0.0803. The lowest BCUT2D eigenvalue weighted by atomic mass is 9.93. The van der Waals surface area contributed by atoms with Crippen LogP contribution in [0.5, 0.6) is 0 Å². The number of amides is 2. The fraction of sp³-hybridized carbons (Fsp3) is 0.652. The number of sulfone groups is 1. The van der Waals surface area contributed by atoms with Gasteiger partial charge in [0.2, 0.25) is 5.91 Å². The molecule has 2 heterocycles. The van der Waals surface area contributed by atoms with Gasteiger partial charge in [-0.15, -0.1) is 0 Å². The maximum atomic E-state index is 12.9. The van der Waals surface area contributed by atoms with E-state index in [4.69, 9.17) is 16.3 Å². The quantitative estimate of drug-likeness (QED) is 0.645. The van der Waals surface area contributed by atoms with Crippen molar-refractivity contribution in [2.75, 3.05) is 31.9 Å². The van der Waals surface area contributed by atoms with Crippen molar-refractivity contribution in [3.63, 3.8) is 0 Å². The standard InChI is InChI=1S/C23H33ClN2O5S/c1-23(2,3)31-22(28)26-11-8-17(9-12-26)16-21(27)25-13-10-20(32(29,30)15-14-25)18-6-4-5-7-19(18)24/h4-7,17,20H,8-16H2,1-3H3. The molecule has 0 spiro atoms. The molecule has 178 valence electrons. The van der Waals surface area contributed by atoms with E-state index in [1.807, 2.05) is 20.8 Å². The smallest absolute Gasteiger partial charge is 0.410 e. The molecule has 2 amide bonds. The molecule has 2 aliphatic heterocycles. The van der Waals surface area contributed by atoms with Crippen molar-refractivity contribution in [2.45, 2.75) is 57.3 Å². The number of ether oxygens (including phenoxy) is 1. The highest BCUT2D eigenvalue weighted by Crippen LogP contribution is 2.34. The fourth-order valence-corrected chi connectivity index (χ4v) is 6.45. The number of piperidine rings is 1. The summed E-state index contributed by atoms with van der Waals surface area (Å²) in [6.07, 6.45) is 1.87. The van der Waals surface area contributed by atoms with Crippen molar-refractivity contribution in [3.05, 3.63) is 34.9 Å². The molecule has 2 saturated heterocycles. The minimum Gasteiger partial charge on any atom is -0.444 e. The molecule has 1 aromatic carbocycles. The molecule has 9 heteroatoms. The summed E-state index contributed by atoms with van der Waals surface area (Å²) in [4.78, 5) is 28.5. The predicted octanol–water partition coefficient (Wildman–Crippen LogP) is 4.07. The predicted molar refractivity (Wildman–Crippen MR) is 124 cm³/mol. The molecule has 0 radical (unpaired) electrons. The highest BCUT2D eigenvalue weighted by Gasteiger charge is 2.35. The van der Waals surface area contributed by atoms with E-state index in [0.717, 1.165) is 12.8 Å². The highest BCUT2D eigenvalue weighted by atomic mass is 35.5. The van der Waals surface area contributed by atoms with Gasteiger partial charge in [-0.1, -0.05) is 29.8 Å². The third kappa shape index (κ3) is 6.38. The number of nitrogens with zero attached hydrogens (tertiary/aromatic N) is 2. The van der Waals surface area contributed by atoms with Crippen molar-refractivity contribution in [1.29, 1.82) is 0 Å². The Morgan fingerprint density at radius 3 is 2.28 bits per heavy atom. The second kappa shape index (κ2) is 10.00. The first-order valence-electron chi connectivity index (χ1n) is 11.2. The first kappa shape index (κ1) is 24.8. The molecule has 2 fully saturated rings. The number of hydrogen-bond acceptors (Lipinski definition) is 5. The van der Waals surface area contributed by atoms with Crippen LogP contribution in [0.3, 0.4) is 0 Å². The summed E-state index contributed by atoms with van der Waals surface area (Å²) < 4.78 is 31.2. The van der Waals surface area contributed by atoms with Crippen LogP contribution >= 0.6 is 11.6 Å². The third-order valence-corrected chi connectivity index (χ3v) is 8.53. The maximum absolute atomic E-state index is 12.9. The van der Waals surface area contributed by atoms with Crippen LogP contribution in [0.15, 0.2) is 24.3 Å². The number of likely N-dealkylation sites (tertiary alicyclic amines) is 1. The van der Waals surface area contributed by atoms with Gasteiger partial charge in [-0.25, -0.2) is 13.2 Å². The minimum absolute atomic E-state index is 0.0178. The summed E-state index contributed by atoms with van der Waals surface area (Å²) in [7, 11) is -3.40. The molecule has 0 aromatic heterocycles. The van der Waals surface area contributed by atoms with Gasteiger partial charge >= 0.3 is 6.09 Å². The van der Waals surface area contributed by atoms with Gasteiger partial charge in [-0.3, -0.25) is 4.79 Å². The number of carbonyl (C=O) groups excluding carboxylic acids is 2. The first-order chi connectivity index (χ1) is 15.0. The van der Waals surface area contributed by atoms with Gasteiger partial charge in [0.05, 0.1) is 11.0 Å². The second-order valence-electron chi connectivity index (χ2n) is 9.66. The van der Waals surface area contributed by atoms with E-state index < -0.39 is 20.7 Å². The van der Waals surface area contributed by atoms with Crippen LogP contribution in [-0.4, -0.2) is 67.8 Å². The summed E-state index contributed by atoms with van der Waals surface area (Å²) in [6.45, 7) is 7.26. The van der Waals surface area contributed by atoms with Crippen LogP contribution in [-0.2, 0) is 19.4 Å². The van der Waals surface area contributed by atoms with Crippen LogP contribution in [0.2, 0.25) is 5.02 Å². The third-order valence-electron chi connectivity index (χ3n) is 6.07. The van der Waals surface area contributed by atoms with E-state index in [9.17, 15) is 18.0 Å². The van der Waals surface area contributed by atoms with Gasteiger partial charge in [0.15, 0.2) is 9.84 Å². The zero-order chi connectivity index (χ0) is 23.5. The average molecular weight is 485 g/mol. The second-order valence-corrected chi connectivity index (χ2v) is 12.4. The normalized spacial score (nSPS) is 22.3. The van der Waals surface area contributed by atoms with E-state index in [1.54, 1.807) is 34.1 Å². The Bertz CT molecular complexity index is 936. The number of rotatable bonds is 3. The Morgan fingerprint density at radius 1 is 1.03 bits per heavy atom. The molecule has 0 aliphatic carbocycles. The summed E-state index contributed by atoms with van der Waals surface area (Å²) in [6, 6.07) is 7.01. The van der Waals surface area contributed by atoms with Crippen molar-refractivity contribution in [1.82, 2.24) is 9.80 Å². The minimum atomic E-state index is -3.40. The summed E-state index contributed by atoms with van der Waals surface area (Å²) in [5, 5.41) is -0.247. The number of benzene rings is 1. The van der Waals surface area contributed by atoms with E-state index in [-0.39, 0.29) is 30.2 Å². The molecular formula is C23H33ClN2O5S. The topological polar surface area (TPSA) is 84.0 Å². The summed E-state index contributed by atoms with van der Waals surface area (Å²) >= 11 is 6.25. The van der Waals surface area contributed by atoms with Crippen LogP contribution in [0.4, 0.5) is 4.79 Å². The zero-order valence-electron chi connectivity index (χ0n) is 19.0. The van der Waals surface area contributed by atoms with E-state index in [1.165, 1.54) is 0 Å². The Labute approximate surface area is 196 Å². The number of carbonyl (C=O) groups is 2. The molecule has 0 N–H and O–H groups in total. The molecular weight excluding hydrogens is 452 g/mol. The van der Waals surface area contributed by atoms with Crippen LogP contribution in [0.1, 0.15) is 57.3 Å². The molecule has 1 aromatic rings. The van der Waals surface area contributed by atoms with Gasteiger partial charge in [-0.05, 0) is 57.6 Å². The molecule has 3 rings (SSSR count). The Kier molecular flexibility index (Phi) is 7.76. The Morgan fingerprint density at radius 2 is 1.66 bits per heavy atom.